The Kier molecular flexibility index (Phi) is 5.95. The highest BCUT2D eigenvalue weighted by molar-refractivity contribution is 5.21. The number of hydrogen-bond acceptors (Lipinski definition) is 2. The van der Waals surface area contributed by atoms with Gasteiger partial charge in [-0.1, -0.05) is 57.0 Å². The summed E-state index contributed by atoms with van der Waals surface area (Å²) in [5.41, 5.74) is 1.22. The Morgan fingerprint density at radius 2 is 1.72 bits per heavy atom. The Bertz CT molecular complexity index is 411. The lowest BCUT2D eigenvalue weighted by atomic mass is 9.77. The van der Waals surface area contributed by atoms with E-state index >= 15 is 0 Å². The molecule has 0 N–H and O–H groups in total. The fourth-order valence-corrected chi connectivity index (χ4v) is 2.37. The summed E-state index contributed by atoms with van der Waals surface area (Å²) in [4.78, 5) is 0. The van der Waals surface area contributed by atoms with E-state index in [1.165, 1.54) is 5.56 Å². The minimum atomic E-state index is -0.508. The largest absolute Gasteiger partial charge is 0.197 e. The lowest BCUT2D eigenvalue weighted by molar-refractivity contribution is 0.360. The molecule has 0 saturated carbocycles. The van der Waals surface area contributed by atoms with Gasteiger partial charge in [0.15, 0.2) is 0 Å². The second-order valence-corrected chi connectivity index (χ2v) is 4.74. The summed E-state index contributed by atoms with van der Waals surface area (Å²) in [5, 5.41) is 18.2. The van der Waals surface area contributed by atoms with E-state index in [2.05, 4.69) is 38.1 Å². The summed E-state index contributed by atoms with van der Waals surface area (Å²) in [6, 6.07) is 14.5. The molecular formula is C16H20N2. The number of nitriles is 2. The zero-order valence-electron chi connectivity index (χ0n) is 11.1. The molecule has 0 aliphatic heterocycles. The third-order valence-electron chi connectivity index (χ3n) is 3.56. The van der Waals surface area contributed by atoms with Crippen LogP contribution in [0, 0.1) is 34.5 Å². The van der Waals surface area contributed by atoms with Crippen LogP contribution in [0.4, 0.5) is 0 Å². The van der Waals surface area contributed by atoms with Gasteiger partial charge in [-0.3, -0.25) is 0 Å². The van der Waals surface area contributed by atoms with Gasteiger partial charge in [0, 0.05) is 0 Å². The first kappa shape index (κ1) is 14.3. The molecule has 0 amide bonds. The second kappa shape index (κ2) is 7.51. The van der Waals surface area contributed by atoms with Crippen LogP contribution >= 0.6 is 0 Å². The first-order valence-electron chi connectivity index (χ1n) is 6.58. The number of rotatable bonds is 6. The average molecular weight is 240 g/mol. The van der Waals surface area contributed by atoms with Gasteiger partial charge in [0.05, 0.1) is 12.1 Å². The fraction of sp³-hybridized carbons (Fsp3) is 0.500. The van der Waals surface area contributed by atoms with Crippen LogP contribution in [-0.2, 0) is 0 Å². The third kappa shape index (κ3) is 3.60. The molecule has 2 atom stereocenters. The van der Waals surface area contributed by atoms with Gasteiger partial charge < -0.3 is 0 Å². The Hall–Kier alpha value is -1.80. The molecule has 0 aliphatic carbocycles. The van der Waals surface area contributed by atoms with Gasteiger partial charge in [-0.05, 0) is 23.8 Å². The van der Waals surface area contributed by atoms with Gasteiger partial charge in [-0.15, -0.1) is 0 Å². The van der Waals surface area contributed by atoms with E-state index in [-0.39, 0.29) is 11.8 Å². The van der Waals surface area contributed by atoms with Crippen LogP contribution in [0.15, 0.2) is 30.3 Å². The maximum atomic E-state index is 9.12. The zero-order chi connectivity index (χ0) is 13.4. The SMILES string of the molecule is CCCC[C@@H](C(C#N)C#N)[C@H](C)c1ccccc1. The molecule has 0 saturated heterocycles. The van der Waals surface area contributed by atoms with Crippen molar-refractivity contribution in [2.75, 3.05) is 0 Å². The topological polar surface area (TPSA) is 47.6 Å². The van der Waals surface area contributed by atoms with Crippen molar-refractivity contribution in [3.05, 3.63) is 35.9 Å². The predicted molar refractivity (Wildman–Crippen MR) is 72.6 cm³/mol. The Labute approximate surface area is 110 Å². The van der Waals surface area contributed by atoms with E-state index in [4.69, 9.17) is 10.5 Å². The molecule has 0 spiro atoms. The van der Waals surface area contributed by atoms with Crippen molar-refractivity contribution in [3.63, 3.8) is 0 Å². The molecule has 1 aromatic carbocycles. The molecule has 94 valence electrons. The van der Waals surface area contributed by atoms with Gasteiger partial charge >= 0.3 is 0 Å². The molecule has 0 aliphatic rings. The molecule has 0 radical (unpaired) electrons. The van der Waals surface area contributed by atoms with Crippen molar-refractivity contribution in [2.45, 2.75) is 39.0 Å². The van der Waals surface area contributed by atoms with Crippen LogP contribution in [0.3, 0.4) is 0 Å². The van der Waals surface area contributed by atoms with Crippen molar-refractivity contribution < 1.29 is 0 Å². The first-order valence-corrected chi connectivity index (χ1v) is 6.58. The van der Waals surface area contributed by atoms with Crippen molar-refractivity contribution in [1.82, 2.24) is 0 Å². The normalized spacial score (nSPS) is 13.6. The standard InChI is InChI=1S/C16H20N2/c1-3-4-10-16(15(11-17)12-18)13(2)14-8-6-5-7-9-14/h5-9,13,15-16H,3-4,10H2,1-2H3/t13-,16-/m1/s1. The zero-order valence-corrected chi connectivity index (χ0v) is 11.1. The van der Waals surface area contributed by atoms with Gasteiger partial charge in [-0.25, -0.2) is 0 Å². The monoisotopic (exact) mass is 240 g/mol. The van der Waals surface area contributed by atoms with Crippen LogP contribution in [-0.4, -0.2) is 0 Å². The van der Waals surface area contributed by atoms with Crippen LogP contribution < -0.4 is 0 Å². The van der Waals surface area contributed by atoms with Crippen LogP contribution in [0.5, 0.6) is 0 Å². The van der Waals surface area contributed by atoms with Gasteiger partial charge in [-0.2, -0.15) is 10.5 Å². The average Bonchev–Trinajstić information content (AvgIpc) is 2.43. The smallest absolute Gasteiger partial charge is 0.136 e. The summed E-state index contributed by atoms with van der Waals surface area (Å²) in [6.07, 6.45) is 3.11. The predicted octanol–water partition coefficient (Wildman–Crippen LogP) is 4.26. The molecule has 0 heterocycles. The summed E-state index contributed by atoms with van der Waals surface area (Å²) < 4.78 is 0. The summed E-state index contributed by atoms with van der Waals surface area (Å²) in [5.74, 6) is -0.129. The van der Waals surface area contributed by atoms with E-state index in [1.807, 2.05) is 18.2 Å². The molecule has 1 rings (SSSR count). The highest BCUT2D eigenvalue weighted by atomic mass is 14.4. The van der Waals surface area contributed by atoms with Crippen LogP contribution in [0.1, 0.15) is 44.6 Å². The summed E-state index contributed by atoms with van der Waals surface area (Å²) in [7, 11) is 0. The highest BCUT2D eigenvalue weighted by Gasteiger charge is 2.27. The van der Waals surface area contributed by atoms with Gasteiger partial charge in [0.25, 0.3) is 0 Å². The Morgan fingerprint density at radius 1 is 1.11 bits per heavy atom. The molecule has 18 heavy (non-hydrogen) atoms. The number of unbranched alkanes of at least 4 members (excludes halogenated alkanes) is 1. The Balaban J connectivity index is 2.89. The van der Waals surface area contributed by atoms with E-state index in [9.17, 15) is 0 Å². The fourth-order valence-electron chi connectivity index (χ4n) is 2.37. The molecule has 0 aromatic heterocycles. The lowest BCUT2D eigenvalue weighted by Gasteiger charge is -2.25. The van der Waals surface area contributed by atoms with Crippen molar-refractivity contribution in [1.29, 1.82) is 10.5 Å². The molecule has 2 nitrogen and oxygen atoms in total. The highest BCUT2D eigenvalue weighted by Crippen LogP contribution is 2.33. The Morgan fingerprint density at radius 3 is 2.22 bits per heavy atom. The van der Waals surface area contributed by atoms with Crippen molar-refractivity contribution >= 4 is 0 Å². The molecule has 0 unspecified atom stereocenters. The maximum Gasteiger partial charge on any atom is 0.136 e. The van der Waals surface area contributed by atoms with Crippen molar-refractivity contribution in [3.8, 4) is 12.1 Å². The maximum absolute atomic E-state index is 9.12. The van der Waals surface area contributed by atoms with E-state index in [1.54, 1.807) is 0 Å². The summed E-state index contributed by atoms with van der Waals surface area (Å²) in [6.45, 7) is 4.26. The minimum absolute atomic E-state index is 0.127. The van der Waals surface area contributed by atoms with Gasteiger partial charge in [0.1, 0.15) is 5.92 Å². The molecular weight excluding hydrogens is 220 g/mol. The summed E-state index contributed by atoms with van der Waals surface area (Å²) >= 11 is 0. The van der Waals surface area contributed by atoms with Gasteiger partial charge in [0.2, 0.25) is 0 Å². The molecule has 2 heteroatoms. The van der Waals surface area contributed by atoms with E-state index in [0.29, 0.717) is 0 Å². The number of nitrogens with zero attached hydrogens (tertiary/aromatic N) is 2. The lowest BCUT2D eigenvalue weighted by Crippen LogP contribution is -2.18. The second-order valence-electron chi connectivity index (χ2n) is 4.74. The molecule has 0 fully saturated rings. The first-order chi connectivity index (χ1) is 8.74. The third-order valence-corrected chi connectivity index (χ3v) is 3.56. The van der Waals surface area contributed by atoms with Crippen molar-refractivity contribution in [2.24, 2.45) is 11.8 Å². The van der Waals surface area contributed by atoms with E-state index in [0.717, 1.165) is 19.3 Å². The van der Waals surface area contributed by atoms with E-state index < -0.39 is 5.92 Å². The number of benzene rings is 1. The molecule has 0 bridgehead atoms. The number of hydrogen-bond donors (Lipinski definition) is 0. The minimum Gasteiger partial charge on any atom is -0.197 e. The molecule has 1 aromatic rings. The van der Waals surface area contributed by atoms with Crippen LogP contribution in [0.2, 0.25) is 0 Å². The van der Waals surface area contributed by atoms with Crippen LogP contribution in [0.25, 0.3) is 0 Å². The quantitative estimate of drug-likeness (QED) is 0.745.